The summed E-state index contributed by atoms with van der Waals surface area (Å²) in [6.07, 6.45) is 3.62. The Bertz CT molecular complexity index is 972. The molecule has 8 heteroatoms. The number of ether oxygens (including phenoxy) is 2. The van der Waals surface area contributed by atoms with Gasteiger partial charge >= 0.3 is 0 Å². The molecule has 0 amide bonds. The van der Waals surface area contributed by atoms with Crippen molar-refractivity contribution in [2.45, 2.75) is 37.8 Å². The van der Waals surface area contributed by atoms with Gasteiger partial charge in [-0.05, 0) is 37.1 Å². The highest BCUT2D eigenvalue weighted by atomic mass is 35.5. The van der Waals surface area contributed by atoms with E-state index < -0.39 is 23.8 Å². The third-order valence-electron chi connectivity index (χ3n) is 5.51. The van der Waals surface area contributed by atoms with E-state index in [9.17, 15) is 14.2 Å². The van der Waals surface area contributed by atoms with E-state index in [1.807, 2.05) is 0 Å². The molecule has 0 aromatic heterocycles. The quantitative estimate of drug-likeness (QED) is 0.423. The number of carbonyl (C=O) groups excluding carboxylic acids is 2. The molecule has 0 spiro atoms. The van der Waals surface area contributed by atoms with Gasteiger partial charge in [0.25, 0.3) is 0 Å². The average molecular weight is 469 g/mol. The predicted octanol–water partition coefficient (Wildman–Crippen LogP) is 6.69. The van der Waals surface area contributed by atoms with E-state index in [0.717, 1.165) is 19.3 Å². The van der Waals surface area contributed by atoms with Crippen LogP contribution in [0.4, 0.5) is 0 Å². The van der Waals surface area contributed by atoms with Crippen LogP contribution in [0.3, 0.4) is 0 Å². The van der Waals surface area contributed by atoms with E-state index in [1.165, 1.54) is 26.4 Å². The second-order valence-electron chi connectivity index (χ2n) is 7.19. The Morgan fingerprint density at radius 3 is 1.80 bits per heavy atom. The maximum Gasteiger partial charge on any atom is 0.236 e. The van der Waals surface area contributed by atoms with Crippen LogP contribution in [0.1, 0.15) is 52.8 Å². The molecule has 30 heavy (non-hydrogen) atoms. The van der Waals surface area contributed by atoms with Gasteiger partial charge in [0.15, 0.2) is 0 Å². The average Bonchev–Trinajstić information content (AvgIpc) is 2.77. The molecule has 1 fully saturated rings. The van der Waals surface area contributed by atoms with Gasteiger partial charge in [0.2, 0.25) is 18.2 Å². The van der Waals surface area contributed by atoms with Gasteiger partial charge in [-0.2, -0.15) is 0 Å². The van der Waals surface area contributed by atoms with Crippen LogP contribution in [0.2, 0.25) is 10.0 Å². The summed E-state index contributed by atoms with van der Waals surface area (Å²) in [6.45, 7) is 0. The summed E-state index contributed by atoms with van der Waals surface area (Å²) in [5, 5.41) is 0.145. The molecule has 1 atom stereocenters. The van der Waals surface area contributed by atoms with E-state index in [2.05, 4.69) is 0 Å². The Morgan fingerprint density at radius 1 is 0.833 bits per heavy atom. The number of hydrogen-bond acceptors (Lipinski definition) is 5. The van der Waals surface area contributed by atoms with Gasteiger partial charge in [0, 0.05) is 5.66 Å². The molecule has 0 radical (unpaired) electrons. The summed E-state index contributed by atoms with van der Waals surface area (Å²) in [4.78, 5) is 27.5. The molecule has 1 saturated carbocycles. The van der Waals surface area contributed by atoms with Crippen molar-refractivity contribution in [2.75, 3.05) is 14.2 Å². The van der Waals surface area contributed by atoms with Crippen molar-refractivity contribution >= 4 is 41.4 Å². The van der Waals surface area contributed by atoms with Crippen molar-refractivity contribution in [3.63, 3.8) is 0 Å². The number of methoxy groups -OCH3 is 2. The Morgan fingerprint density at radius 2 is 1.30 bits per heavy atom. The summed E-state index contributed by atoms with van der Waals surface area (Å²) in [7, 11) is -1.35. The van der Waals surface area contributed by atoms with Crippen LogP contribution in [0.15, 0.2) is 36.4 Å². The zero-order valence-electron chi connectivity index (χ0n) is 16.8. The van der Waals surface area contributed by atoms with Crippen molar-refractivity contribution in [1.29, 1.82) is 0 Å². The molecular weight excluding hydrogens is 446 g/mol. The van der Waals surface area contributed by atoms with E-state index in [1.54, 1.807) is 24.3 Å². The third-order valence-corrected chi connectivity index (χ3v) is 9.34. The number of carbonyl (C=O) groups is 2. The lowest BCUT2D eigenvalue weighted by Gasteiger charge is -2.29. The summed E-state index contributed by atoms with van der Waals surface area (Å²) in [5.41, 5.74) is -2.22. The maximum absolute atomic E-state index is 14.5. The maximum atomic E-state index is 14.5. The normalized spacial score (nSPS) is 16.5. The lowest BCUT2D eigenvalue weighted by atomic mass is 10.0. The van der Waals surface area contributed by atoms with Crippen LogP contribution in [-0.4, -0.2) is 30.9 Å². The second-order valence-corrected chi connectivity index (χ2v) is 10.9. The fourth-order valence-electron chi connectivity index (χ4n) is 3.96. The second kappa shape index (κ2) is 9.55. The van der Waals surface area contributed by atoms with Crippen molar-refractivity contribution in [3.05, 3.63) is 57.6 Å². The van der Waals surface area contributed by atoms with Crippen molar-refractivity contribution in [3.8, 4) is 11.5 Å². The van der Waals surface area contributed by atoms with E-state index >= 15 is 0 Å². The topological polar surface area (TPSA) is 69.7 Å². The summed E-state index contributed by atoms with van der Waals surface area (Å²) >= 11 is 12.5. The van der Waals surface area contributed by atoms with E-state index in [-0.39, 0.29) is 32.7 Å². The van der Waals surface area contributed by atoms with Crippen LogP contribution < -0.4 is 9.47 Å². The molecule has 0 bridgehead atoms. The highest BCUT2D eigenvalue weighted by Gasteiger charge is 2.50. The largest absolute Gasteiger partial charge is 0.496 e. The standard InChI is InChI=1S/C22H23Cl2O5P/c1-28-17-12-7-13-18(29-2)20(17)22(26)30(27,14-8-4-3-5-9-14)21(25)19-15(23)10-6-11-16(19)24/h6-7,10-14H,3-5,8-9H2,1-2H3. The number of benzene rings is 2. The van der Waals surface area contributed by atoms with Gasteiger partial charge in [0.05, 0.1) is 29.8 Å². The summed E-state index contributed by atoms with van der Waals surface area (Å²) in [6, 6.07) is 9.41. The van der Waals surface area contributed by atoms with Crippen LogP contribution in [0, 0.1) is 0 Å². The Labute approximate surface area is 186 Å². The minimum Gasteiger partial charge on any atom is -0.496 e. The molecule has 160 valence electrons. The fourth-order valence-corrected chi connectivity index (χ4v) is 7.73. The molecule has 2 aromatic rings. The van der Waals surface area contributed by atoms with Crippen LogP contribution in [-0.2, 0) is 4.57 Å². The molecule has 1 unspecified atom stereocenters. The molecule has 0 heterocycles. The first-order chi connectivity index (χ1) is 14.4. The molecule has 3 rings (SSSR count). The molecule has 0 saturated heterocycles. The molecule has 2 aromatic carbocycles. The highest BCUT2D eigenvalue weighted by Crippen LogP contribution is 2.62. The predicted molar refractivity (Wildman–Crippen MR) is 119 cm³/mol. The van der Waals surface area contributed by atoms with Gasteiger partial charge in [-0.25, -0.2) is 0 Å². The zero-order valence-corrected chi connectivity index (χ0v) is 19.2. The minimum atomic E-state index is -4.16. The molecule has 0 N–H and O–H groups in total. The van der Waals surface area contributed by atoms with Gasteiger partial charge < -0.3 is 14.0 Å². The monoisotopic (exact) mass is 468 g/mol. The lowest BCUT2D eigenvalue weighted by molar-refractivity contribution is 0.103. The van der Waals surface area contributed by atoms with Gasteiger partial charge in [-0.3, -0.25) is 9.59 Å². The van der Waals surface area contributed by atoms with Crippen molar-refractivity contribution in [2.24, 2.45) is 0 Å². The highest BCUT2D eigenvalue weighted by molar-refractivity contribution is 7.96. The van der Waals surface area contributed by atoms with Gasteiger partial charge in [-0.1, -0.05) is 54.6 Å². The summed E-state index contributed by atoms with van der Waals surface area (Å²) in [5.74, 6) is 0.405. The molecular formula is C22H23Cl2O5P. The Kier molecular flexibility index (Phi) is 7.28. The van der Waals surface area contributed by atoms with E-state index in [0.29, 0.717) is 12.8 Å². The number of rotatable bonds is 7. The number of hydrogen-bond donors (Lipinski definition) is 0. The first-order valence-corrected chi connectivity index (χ1v) is 12.2. The van der Waals surface area contributed by atoms with E-state index in [4.69, 9.17) is 32.7 Å². The van der Waals surface area contributed by atoms with Crippen LogP contribution in [0.5, 0.6) is 11.5 Å². The van der Waals surface area contributed by atoms with Crippen LogP contribution in [0.25, 0.3) is 0 Å². The molecule has 1 aliphatic carbocycles. The first-order valence-electron chi connectivity index (χ1n) is 9.70. The fraction of sp³-hybridized carbons (Fsp3) is 0.364. The Hall–Kier alpha value is -1.81. The van der Waals surface area contributed by atoms with Gasteiger partial charge in [0.1, 0.15) is 17.1 Å². The number of halogens is 2. The molecule has 5 nitrogen and oxygen atoms in total. The summed E-state index contributed by atoms with van der Waals surface area (Å²) < 4.78 is 25.2. The molecule has 1 aliphatic rings. The zero-order chi connectivity index (χ0) is 21.9. The van der Waals surface area contributed by atoms with Crippen molar-refractivity contribution < 1.29 is 23.6 Å². The van der Waals surface area contributed by atoms with Crippen LogP contribution >= 0.6 is 30.3 Å². The smallest absolute Gasteiger partial charge is 0.236 e. The third kappa shape index (κ3) is 4.03. The minimum absolute atomic E-state index is 0.00735. The SMILES string of the molecule is COc1cccc(OC)c1C(=O)P(=O)(C(=O)c1c(Cl)cccc1Cl)C1CCCCC1. The lowest BCUT2D eigenvalue weighted by Crippen LogP contribution is -2.25. The van der Waals surface area contributed by atoms with Crippen molar-refractivity contribution in [1.82, 2.24) is 0 Å². The van der Waals surface area contributed by atoms with Gasteiger partial charge in [-0.15, -0.1) is 0 Å². The Balaban J connectivity index is 2.23. The molecule has 0 aliphatic heterocycles. The first kappa shape index (κ1) is 22.9.